The van der Waals surface area contributed by atoms with E-state index in [0.717, 1.165) is 25.3 Å². The molecule has 0 saturated heterocycles. The summed E-state index contributed by atoms with van der Waals surface area (Å²) in [5.74, 6) is 1.02. The second kappa shape index (κ2) is 8.00. The van der Waals surface area contributed by atoms with Gasteiger partial charge < -0.3 is 5.11 Å². The first-order valence-electron chi connectivity index (χ1n) is 8.56. The van der Waals surface area contributed by atoms with Gasteiger partial charge in [0, 0.05) is 25.2 Å². The summed E-state index contributed by atoms with van der Waals surface area (Å²) in [6, 6.07) is 3.70. The largest absolute Gasteiger partial charge is 0.396 e. The van der Waals surface area contributed by atoms with E-state index in [4.69, 9.17) is 5.11 Å². The van der Waals surface area contributed by atoms with Crippen LogP contribution in [0.15, 0.2) is 0 Å². The fourth-order valence-electron chi connectivity index (χ4n) is 4.01. The molecule has 3 heteroatoms. The van der Waals surface area contributed by atoms with E-state index in [2.05, 4.69) is 17.9 Å². The summed E-state index contributed by atoms with van der Waals surface area (Å²) in [6.07, 6.45) is 10.9. The molecule has 2 aliphatic rings. The third kappa shape index (κ3) is 3.74. The zero-order chi connectivity index (χ0) is 14.4. The predicted octanol–water partition coefficient (Wildman–Crippen LogP) is 3.33. The van der Waals surface area contributed by atoms with E-state index in [1.54, 1.807) is 0 Å². The van der Waals surface area contributed by atoms with Gasteiger partial charge in [0.1, 0.15) is 0 Å². The maximum atomic E-state index is 9.50. The van der Waals surface area contributed by atoms with Crippen LogP contribution in [0.1, 0.15) is 64.7 Å². The molecule has 2 rings (SSSR count). The third-order valence-electron chi connectivity index (χ3n) is 5.33. The van der Waals surface area contributed by atoms with Crippen LogP contribution in [0.25, 0.3) is 0 Å². The lowest BCUT2D eigenvalue weighted by Crippen LogP contribution is -2.52. The summed E-state index contributed by atoms with van der Waals surface area (Å²) >= 11 is 0. The molecule has 0 aromatic carbocycles. The molecular weight excluding hydrogens is 248 g/mol. The van der Waals surface area contributed by atoms with Gasteiger partial charge in [0.05, 0.1) is 12.0 Å². The van der Waals surface area contributed by atoms with Gasteiger partial charge in [0.2, 0.25) is 0 Å². The van der Waals surface area contributed by atoms with Gasteiger partial charge in [0.25, 0.3) is 0 Å². The molecular formula is C17H30N2O. The first kappa shape index (κ1) is 15.8. The number of nitriles is 1. The minimum Gasteiger partial charge on any atom is -0.396 e. The highest BCUT2D eigenvalue weighted by molar-refractivity contribution is 5.00. The zero-order valence-corrected chi connectivity index (χ0v) is 12.9. The van der Waals surface area contributed by atoms with Crippen LogP contribution in [0.5, 0.6) is 0 Å². The average molecular weight is 278 g/mol. The lowest BCUT2D eigenvalue weighted by Gasteiger charge is -2.47. The Morgan fingerprint density at radius 2 is 2.05 bits per heavy atom. The molecule has 1 N–H and O–H groups in total. The van der Waals surface area contributed by atoms with Gasteiger partial charge in [0.15, 0.2) is 0 Å². The molecule has 0 amide bonds. The minimum absolute atomic E-state index is 0.211. The Morgan fingerprint density at radius 1 is 1.25 bits per heavy atom. The fourth-order valence-corrected chi connectivity index (χ4v) is 4.01. The van der Waals surface area contributed by atoms with Gasteiger partial charge >= 0.3 is 0 Å². The van der Waals surface area contributed by atoms with Crippen molar-refractivity contribution in [2.75, 3.05) is 13.2 Å². The number of rotatable bonds is 7. The van der Waals surface area contributed by atoms with Crippen LogP contribution in [0.3, 0.4) is 0 Å². The quantitative estimate of drug-likeness (QED) is 0.777. The molecule has 0 bridgehead atoms. The van der Waals surface area contributed by atoms with Gasteiger partial charge in [-0.1, -0.05) is 26.2 Å². The van der Waals surface area contributed by atoms with Crippen molar-refractivity contribution in [3.8, 4) is 6.07 Å². The summed E-state index contributed by atoms with van der Waals surface area (Å²) in [7, 11) is 0. The number of aliphatic hydroxyl groups is 1. The Morgan fingerprint density at radius 3 is 2.60 bits per heavy atom. The van der Waals surface area contributed by atoms with Crippen molar-refractivity contribution >= 4 is 0 Å². The highest BCUT2D eigenvalue weighted by Gasteiger charge is 2.38. The normalized spacial score (nSPS) is 31.0. The number of hydrogen-bond donors (Lipinski definition) is 1. The summed E-state index contributed by atoms with van der Waals surface area (Å²) in [6.45, 7) is 3.51. The first-order valence-corrected chi connectivity index (χ1v) is 8.56. The van der Waals surface area contributed by atoms with E-state index < -0.39 is 0 Å². The molecule has 3 nitrogen and oxygen atoms in total. The Bertz CT molecular complexity index is 321. The Labute approximate surface area is 124 Å². The van der Waals surface area contributed by atoms with E-state index in [1.807, 2.05) is 0 Å². The van der Waals surface area contributed by atoms with Crippen LogP contribution in [0.4, 0.5) is 0 Å². The Hall–Kier alpha value is -0.590. The van der Waals surface area contributed by atoms with Crippen molar-refractivity contribution in [3.05, 3.63) is 0 Å². The van der Waals surface area contributed by atoms with Crippen LogP contribution in [0, 0.1) is 23.2 Å². The molecule has 114 valence electrons. The lowest BCUT2D eigenvalue weighted by molar-refractivity contribution is 0.0234. The molecule has 0 heterocycles. The van der Waals surface area contributed by atoms with Gasteiger partial charge in [-0.25, -0.2) is 0 Å². The van der Waals surface area contributed by atoms with E-state index in [9.17, 15) is 5.26 Å². The molecule has 3 unspecified atom stereocenters. The van der Waals surface area contributed by atoms with Crippen LogP contribution < -0.4 is 0 Å². The van der Waals surface area contributed by atoms with Crippen LogP contribution in [0.2, 0.25) is 0 Å². The van der Waals surface area contributed by atoms with Crippen LogP contribution in [-0.2, 0) is 0 Å². The maximum Gasteiger partial charge on any atom is 0.0672 e. The van der Waals surface area contributed by atoms with E-state index >= 15 is 0 Å². The average Bonchev–Trinajstić information content (AvgIpc) is 2.41. The minimum atomic E-state index is 0.211. The van der Waals surface area contributed by atoms with Crippen molar-refractivity contribution in [3.63, 3.8) is 0 Å². The fraction of sp³-hybridized carbons (Fsp3) is 0.941. The van der Waals surface area contributed by atoms with Crippen LogP contribution in [-0.4, -0.2) is 35.2 Å². The number of nitrogens with zero attached hydrogens (tertiary/aromatic N) is 2. The molecule has 2 fully saturated rings. The smallest absolute Gasteiger partial charge is 0.0672 e. The Balaban J connectivity index is 2.03. The van der Waals surface area contributed by atoms with Gasteiger partial charge in [-0.15, -0.1) is 0 Å². The lowest BCUT2D eigenvalue weighted by atomic mass is 9.75. The summed E-state index contributed by atoms with van der Waals surface area (Å²) in [5.41, 5.74) is 0. The highest BCUT2D eigenvalue weighted by atomic mass is 16.3. The van der Waals surface area contributed by atoms with E-state index in [0.29, 0.717) is 12.1 Å². The Kier molecular flexibility index (Phi) is 6.32. The second-order valence-corrected chi connectivity index (χ2v) is 6.67. The molecule has 0 aromatic heterocycles. The maximum absolute atomic E-state index is 9.50. The second-order valence-electron chi connectivity index (χ2n) is 6.67. The van der Waals surface area contributed by atoms with Crippen molar-refractivity contribution in [2.45, 2.75) is 76.8 Å². The molecule has 20 heavy (non-hydrogen) atoms. The predicted molar refractivity (Wildman–Crippen MR) is 81.2 cm³/mol. The van der Waals surface area contributed by atoms with Crippen molar-refractivity contribution in [2.24, 2.45) is 11.8 Å². The molecule has 2 saturated carbocycles. The molecule has 0 aromatic rings. The summed E-state index contributed by atoms with van der Waals surface area (Å²) in [4.78, 5) is 2.59. The zero-order valence-electron chi connectivity index (χ0n) is 12.9. The van der Waals surface area contributed by atoms with Crippen LogP contribution >= 0.6 is 0 Å². The topological polar surface area (TPSA) is 47.3 Å². The van der Waals surface area contributed by atoms with Crippen molar-refractivity contribution in [1.29, 1.82) is 5.26 Å². The molecule has 3 atom stereocenters. The number of hydrogen-bond acceptors (Lipinski definition) is 3. The van der Waals surface area contributed by atoms with E-state index in [1.165, 1.54) is 44.9 Å². The summed E-state index contributed by atoms with van der Waals surface area (Å²) in [5, 5.41) is 18.7. The van der Waals surface area contributed by atoms with Gasteiger partial charge in [-0.2, -0.15) is 5.26 Å². The molecule has 0 radical (unpaired) electrons. The van der Waals surface area contributed by atoms with Gasteiger partial charge in [-0.05, 0) is 44.4 Å². The third-order valence-corrected chi connectivity index (χ3v) is 5.33. The van der Waals surface area contributed by atoms with Gasteiger partial charge in [-0.3, -0.25) is 4.90 Å². The van der Waals surface area contributed by atoms with E-state index in [-0.39, 0.29) is 12.5 Å². The SMILES string of the molecule is CCCC1CCC(C#N)C(N(CCCO)C2CCC2)C1. The van der Waals surface area contributed by atoms with Crippen molar-refractivity contribution in [1.82, 2.24) is 4.90 Å². The molecule has 2 aliphatic carbocycles. The summed E-state index contributed by atoms with van der Waals surface area (Å²) < 4.78 is 0. The standard InChI is InChI=1S/C17H30N2O/c1-2-5-14-8-9-15(13-18)17(12-14)19(10-4-11-20)16-6-3-7-16/h14-17,20H,2-12H2,1H3. The highest BCUT2D eigenvalue weighted by Crippen LogP contribution is 2.38. The van der Waals surface area contributed by atoms with Crippen molar-refractivity contribution < 1.29 is 5.11 Å². The molecule has 0 aliphatic heterocycles. The first-order chi connectivity index (χ1) is 9.80. The number of aliphatic hydroxyl groups excluding tert-OH is 1. The molecule has 0 spiro atoms. The monoisotopic (exact) mass is 278 g/mol.